The summed E-state index contributed by atoms with van der Waals surface area (Å²) in [7, 11) is 0. The van der Waals surface area contributed by atoms with E-state index in [1.165, 1.54) is 0 Å². The summed E-state index contributed by atoms with van der Waals surface area (Å²) >= 11 is 0. The fraction of sp³-hybridized carbons (Fsp3) is 0.308. The zero-order valence-corrected chi connectivity index (χ0v) is 8.54. The molecule has 0 bridgehead atoms. The Morgan fingerprint density at radius 1 is 1.36 bits per heavy atom. The lowest BCUT2D eigenvalue weighted by Crippen LogP contribution is -1.96. The smallest absolute Gasteiger partial charge is 0.0632 e. The molecule has 0 saturated carbocycles. The third-order valence-corrected chi connectivity index (χ3v) is 1.89. The van der Waals surface area contributed by atoms with Crippen LogP contribution in [0.4, 0.5) is 0 Å². The van der Waals surface area contributed by atoms with Crippen LogP contribution >= 0.6 is 0 Å². The average Bonchev–Trinajstić information content (AvgIpc) is 2.26. The van der Waals surface area contributed by atoms with E-state index in [1.54, 1.807) is 13.1 Å². The summed E-state index contributed by atoms with van der Waals surface area (Å²) in [5, 5.41) is 0. The normalized spacial score (nSPS) is 10.4. The van der Waals surface area contributed by atoms with Crippen LogP contribution in [0.25, 0.3) is 0 Å². The number of hydrogen-bond donors (Lipinski definition) is 0. The van der Waals surface area contributed by atoms with Gasteiger partial charge >= 0.3 is 0 Å². The van der Waals surface area contributed by atoms with Gasteiger partial charge in [0, 0.05) is 6.20 Å². The molecule has 70 valence electrons. The summed E-state index contributed by atoms with van der Waals surface area (Å²) in [5.74, 6) is 11.6. The molecule has 1 nitrogen and oxygen atoms in total. The van der Waals surface area contributed by atoms with E-state index in [2.05, 4.69) is 35.6 Å². The first-order valence-electron chi connectivity index (χ1n) is 4.71. The number of pyridine rings is 1. The van der Waals surface area contributed by atoms with Gasteiger partial charge in [0.2, 0.25) is 0 Å². The van der Waals surface area contributed by atoms with Crippen molar-refractivity contribution in [3.05, 3.63) is 30.1 Å². The molecule has 0 spiro atoms. The minimum Gasteiger partial charge on any atom is -0.260 e. The maximum absolute atomic E-state index is 4.28. The van der Waals surface area contributed by atoms with E-state index < -0.39 is 0 Å². The molecule has 0 aliphatic carbocycles. The summed E-state index contributed by atoms with van der Waals surface area (Å²) in [4.78, 5) is 4.28. The first-order valence-corrected chi connectivity index (χ1v) is 4.71. The highest BCUT2D eigenvalue weighted by atomic mass is 14.7. The Morgan fingerprint density at radius 3 is 2.79 bits per heavy atom. The van der Waals surface area contributed by atoms with Gasteiger partial charge in [0.15, 0.2) is 0 Å². The first kappa shape index (κ1) is 10.4. The Bertz CT molecular complexity index is 384. The lowest BCUT2D eigenvalue weighted by molar-refractivity contribution is 0.798. The summed E-state index contributed by atoms with van der Waals surface area (Å²) in [6.07, 6.45) is 2.76. The molecule has 0 radical (unpaired) electrons. The van der Waals surface area contributed by atoms with Crippen LogP contribution in [0.2, 0.25) is 0 Å². The molecule has 0 aromatic carbocycles. The molecule has 1 rings (SSSR count). The highest BCUT2D eigenvalue weighted by Gasteiger charge is 2.05. The van der Waals surface area contributed by atoms with Gasteiger partial charge in [0.05, 0.1) is 11.6 Å². The molecule has 0 fully saturated rings. The molecule has 0 amide bonds. The molecule has 1 unspecified atom stereocenters. The van der Waals surface area contributed by atoms with Gasteiger partial charge in [-0.2, -0.15) is 0 Å². The molecule has 0 saturated heterocycles. The van der Waals surface area contributed by atoms with E-state index in [0.29, 0.717) is 0 Å². The number of aromatic nitrogens is 1. The zero-order chi connectivity index (χ0) is 10.2. The summed E-state index contributed by atoms with van der Waals surface area (Å²) in [6.45, 7) is 3.89. The number of rotatable bonds is 2. The Morgan fingerprint density at radius 2 is 2.21 bits per heavy atom. The van der Waals surface area contributed by atoms with E-state index in [0.717, 1.165) is 12.1 Å². The maximum Gasteiger partial charge on any atom is 0.0632 e. The molecule has 0 aliphatic rings. The van der Waals surface area contributed by atoms with Crippen LogP contribution in [0.1, 0.15) is 31.9 Å². The van der Waals surface area contributed by atoms with E-state index >= 15 is 0 Å². The molecule has 1 heteroatoms. The lowest BCUT2D eigenvalue weighted by atomic mass is 10.0. The molecule has 1 heterocycles. The highest BCUT2D eigenvalue weighted by Crippen LogP contribution is 2.14. The molecule has 14 heavy (non-hydrogen) atoms. The monoisotopic (exact) mass is 183 g/mol. The topological polar surface area (TPSA) is 12.9 Å². The van der Waals surface area contributed by atoms with Crippen molar-refractivity contribution >= 4 is 0 Å². The van der Waals surface area contributed by atoms with Crippen molar-refractivity contribution in [1.82, 2.24) is 4.98 Å². The standard InChI is InChI=1S/C13H13N/c1-3-5-6-9-12(4-2)13-10-7-8-11-14-13/h7-8,10-12H,4H2,1-2H3. The molecule has 1 atom stereocenters. The van der Waals surface area contributed by atoms with Gasteiger partial charge in [-0.1, -0.05) is 24.8 Å². The SMILES string of the molecule is CC#CC#CC(CC)c1ccccn1. The van der Waals surface area contributed by atoms with Crippen LogP contribution in [0.5, 0.6) is 0 Å². The van der Waals surface area contributed by atoms with Gasteiger partial charge in [-0.15, -0.1) is 0 Å². The molecular weight excluding hydrogens is 170 g/mol. The minimum absolute atomic E-state index is 0.206. The fourth-order valence-electron chi connectivity index (χ4n) is 1.15. The fourth-order valence-corrected chi connectivity index (χ4v) is 1.15. The average molecular weight is 183 g/mol. The van der Waals surface area contributed by atoms with Crippen LogP contribution in [-0.2, 0) is 0 Å². The van der Waals surface area contributed by atoms with Crippen LogP contribution in [0, 0.1) is 23.7 Å². The van der Waals surface area contributed by atoms with Crippen LogP contribution in [0.3, 0.4) is 0 Å². The Hall–Kier alpha value is -1.73. The molecule has 0 aliphatic heterocycles. The first-order chi connectivity index (χ1) is 6.88. The molecule has 0 N–H and O–H groups in total. The van der Waals surface area contributed by atoms with Gasteiger partial charge in [0.1, 0.15) is 0 Å². The minimum atomic E-state index is 0.206. The molecule has 1 aromatic heterocycles. The Labute approximate surface area is 85.6 Å². The quantitative estimate of drug-likeness (QED) is 0.642. The second-order valence-corrected chi connectivity index (χ2v) is 2.86. The third-order valence-electron chi connectivity index (χ3n) is 1.89. The largest absolute Gasteiger partial charge is 0.260 e. The van der Waals surface area contributed by atoms with Gasteiger partial charge in [-0.05, 0) is 37.3 Å². The second kappa shape index (κ2) is 5.84. The molecular formula is C13H13N. The maximum atomic E-state index is 4.28. The van der Waals surface area contributed by atoms with Gasteiger partial charge in [-0.3, -0.25) is 4.98 Å². The van der Waals surface area contributed by atoms with E-state index in [4.69, 9.17) is 0 Å². The highest BCUT2D eigenvalue weighted by molar-refractivity contribution is 5.30. The van der Waals surface area contributed by atoms with Gasteiger partial charge < -0.3 is 0 Å². The summed E-state index contributed by atoms with van der Waals surface area (Å²) < 4.78 is 0. The Balaban J connectivity index is 2.83. The van der Waals surface area contributed by atoms with Crippen LogP contribution < -0.4 is 0 Å². The number of nitrogens with zero attached hydrogens (tertiary/aromatic N) is 1. The second-order valence-electron chi connectivity index (χ2n) is 2.86. The predicted molar refractivity (Wildman–Crippen MR) is 58.5 cm³/mol. The number of hydrogen-bond acceptors (Lipinski definition) is 1. The predicted octanol–water partition coefficient (Wildman–Crippen LogP) is 2.60. The zero-order valence-electron chi connectivity index (χ0n) is 8.54. The lowest BCUT2D eigenvalue weighted by Gasteiger charge is -2.04. The Kier molecular flexibility index (Phi) is 4.32. The van der Waals surface area contributed by atoms with Crippen molar-refractivity contribution in [2.75, 3.05) is 0 Å². The van der Waals surface area contributed by atoms with Gasteiger partial charge in [-0.25, -0.2) is 0 Å². The summed E-state index contributed by atoms with van der Waals surface area (Å²) in [5.41, 5.74) is 1.03. The van der Waals surface area contributed by atoms with Crippen molar-refractivity contribution in [2.24, 2.45) is 0 Å². The third kappa shape index (κ3) is 2.96. The van der Waals surface area contributed by atoms with Crippen LogP contribution in [-0.4, -0.2) is 4.98 Å². The van der Waals surface area contributed by atoms with Crippen molar-refractivity contribution in [3.63, 3.8) is 0 Å². The van der Waals surface area contributed by atoms with Gasteiger partial charge in [0.25, 0.3) is 0 Å². The summed E-state index contributed by atoms with van der Waals surface area (Å²) in [6, 6.07) is 5.90. The van der Waals surface area contributed by atoms with Crippen LogP contribution in [0.15, 0.2) is 24.4 Å². The van der Waals surface area contributed by atoms with E-state index in [1.807, 2.05) is 18.2 Å². The van der Waals surface area contributed by atoms with E-state index in [9.17, 15) is 0 Å². The van der Waals surface area contributed by atoms with E-state index in [-0.39, 0.29) is 5.92 Å². The van der Waals surface area contributed by atoms with Crippen molar-refractivity contribution in [2.45, 2.75) is 26.2 Å². The molecule has 1 aromatic rings. The van der Waals surface area contributed by atoms with Crippen molar-refractivity contribution in [1.29, 1.82) is 0 Å². The van der Waals surface area contributed by atoms with Crippen molar-refractivity contribution < 1.29 is 0 Å². The van der Waals surface area contributed by atoms with Crippen molar-refractivity contribution in [3.8, 4) is 23.7 Å².